The molecule has 1 atom stereocenters. The zero-order valence-electron chi connectivity index (χ0n) is 22.0. The molecule has 9 nitrogen and oxygen atoms in total. The fraction of sp³-hybridized carbons (Fsp3) is 0.194. The average Bonchev–Trinajstić information content (AvgIpc) is 2.99. The summed E-state index contributed by atoms with van der Waals surface area (Å²) in [5.74, 6) is 1.59. The third kappa shape index (κ3) is 5.13. The first-order valence-corrected chi connectivity index (χ1v) is 13.2. The largest absolute Gasteiger partial charge is 0.465 e. The number of hydrogen-bond acceptors (Lipinski definition) is 7. The Morgan fingerprint density at radius 1 is 0.900 bits per heavy atom. The molecule has 1 amide bonds. The molecule has 40 heavy (non-hydrogen) atoms. The molecule has 3 aromatic heterocycles. The normalized spacial score (nSPS) is 15.1. The Bertz CT molecular complexity index is 1680. The maximum absolute atomic E-state index is 11.4. The van der Waals surface area contributed by atoms with Crippen LogP contribution in [0.15, 0.2) is 85.3 Å². The number of piperidine rings is 1. The Hall–Kier alpha value is -5.05. The molecular formula is C31H28N6O3. The standard InChI is InChI=1S/C31H28N6O3/c1-20-12-13-22-23(26-11-2-3-15-32-26)8-4-9-24(22)28(20)40-29-25(10-5-16-33-29)27-14-17-34-30(36-27)35-21-7-6-18-37(19-21)31(38)39/h2-5,8-17,21H,6-7,18-19H2,1H3,(H,38,39)(H,34,35,36). The fourth-order valence-electron chi connectivity index (χ4n) is 5.11. The van der Waals surface area contributed by atoms with Crippen LogP contribution in [0.4, 0.5) is 10.7 Å². The second-order valence-electron chi connectivity index (χ2n) is 9.76. The minimum Gasteiger partial charge on any atom is -0.465 e. The van der Waals surface area contributed by atoms with E-state index in [0.29, 0.717) is 30.6 Å². The van der Waals surface area contributed by atoms with Crippen LogP contribution in [0.2, 0.25) is 0 Å². The van der Waals surface area contributed by atoms with Crippen molar-refractivity contribution in [2.24, 2.45) is 0 Å². The Morgan fingerprint density at radius 2 is 1.77 bits per heavy atom. The van der Waals surface area contributed by atoms with E-state index >= 15 is 0 Å². The van der Waals surface area contributed by atoms with Crippen LogP contribution >= 0.6 is 0 Å². The van der Waals surface area contributed by atoms with Crippen molar-refractivity contribution in [2.75, 3.05) is 18.4 Å². The number of pyridine rings is 2. The molecule has 1 aliphatic heterocycles. The molecule has 0 aliphatic carbocycles. The Morgan fingerprint density at radius 3 is 2.62 bits per heavy atom. The lowest BCUT2D eigenvalue weighted by Crippen LogP contribution is -2.44. The van der Waals surface area contributed by atoms with E-state index in [2.05, 4.69) is 32.4 Å². The summed E-state index contributed by atoms with van der Waals surface area (Å²) in [6.45, 7) is 2.95. The number of carboxylic acid groups (broad SMARTS) is 1. The van der Waals surface area contributed by atoms with Crippen LogP contribution < -0.4 is 10.1 Å². The molecular weight excluding hydrogens is 504 g/mol. The number of aromatic nitrogens is 4. The van der Waals surface area contributed by atoms with Gasteiger partial charge in [-0.2, -0.15) is 0 Å². The van der Waals surface area contributed by atoms with E-state index in [1.165, 1.54) is 4.90 Å². The first-order valence-electron chi connectivity index (χ1n) is 13.2. The van der Waals surface area contributed by atoms with Crippen LogP contribution in [0, 0.1) is 6.92 Å². The lowest BCUT2D eigenvalue weighted by atomic mass is 9.99. The number of amides is 1. The third-order valence-corrected chi connectivity index (χ3v) is 7.08. The number of anilines is 1. The van der Waals surface area contributed by atoms with Crippen molar-refractivity contribution < 1.29 is 14.6 Å². The van der Waals surface area contributed by atoms with Gasteiger partial charge >= 0.3 is 6.09 Å². The summed E-state index contributed by atoms with van der Waals surface area (Å²) in [6.07, 6.45) is 5.90. The topological polar surface area (TPSA) is 113 Å². The van der Waals surface area contributed by atoms with Crippen molar-refractivity contribution in [3.8, 4) is 34.1 Å². The molecule has 1 aliphatic rings. The highest BCUT2D eigenvalue weighted by Crippen LogP contribution is 2.39. The average molecular weight is 533 g/mol. The van der Waals surface area contributed by atoms with Crippen molar-refractivity contribution in [3.63, 3.8) is 0 Å². The number of ether oxygens (including phenoxy) is 1. The van der Waals surface area contributed by atoms with Crippen molar-refractivity contribution >= 4 is 22.8 Å². The number of nitrogens with one attached hydrogen (secondary N) is 1. The van der Waals surface area contributed by atoms with E-state index in [0.717, 1.165) is 51.7 Å². The highest BCUT2D eigenvalue weighted by molar-refractivity contribution is 6.00. The van der Waals surface area contributed by atoms with Gasteiger partial charge in [0, 0.05) is 48.7 Å². The van der Waals surface area contributed by atoms with Crippen molar-refractivity contribution in [1.82, 2.24) is 24.8 Å². The number of nitrogens with zero attached hydrogens (tertiary/aromatic N) is 5. The molecule has 0 saturated carbocycles. The molecule has 200 valence electrons. The van der Waals surface area contributed by atoms with E-state index in [1.807, 2.05) is 61.5 Å². The molecule has 2 aromatic carbocycles. The predicted molar refractivity (Wildman–Crippen MR) is 153 cm³/mol. The maximum Gasteiger partial charge on any atom is 0.407 e. The number of likely N-dealkylation sites (tertiary alicyclic amines) is 1. The Kier molecular flexibility index (Phi) is 6.93. The van der Waals surface area contributed by atoms with E-state index in [-0.39, 0.29) is 6.04 Å². The smallest absolute Gasteiger partial charge is 0.407 e. The predicted octanol–water partition coefficient (Wildman–Crippen LogP) is 6.41. The molecule has 5 aromatic rings. The van der Waals surface area contributed by atoms with Gasteiger partial charge < -0.3 is 20.1 Å². The van der Waals surface area contributed by atoms with Crippen molar-refractivity contribution in [3.05, 3.63) is 90.9 Å². The number of aryl methyl sites for hydroxylation is 1. The van der Waals surface area contributed by atoms with Gasteiger partial charge in [0.1, 0.15) is 5.75 Å². The van der Waals surface area contributed by atoms with Gasteiger partial charge in [-0.15, -0.1) is 0 Å². The summed E-state index contributed by atoms with van der Waals surface area (Å²) >= 11 is 0. The zero-order valence-corrected chi connectivity index (χ0v) is 22.0. The molecule has 0 bridgehead atoms. The van der Waals surface area contributed by atoms with Gasteiger partial charge in [-0.25, -0.2) is 19.7 Å². The van der Waals surface area contributed by atoms with Crippen LogP contribution in [-0.2, 0) is 0 Å². The lowest BCUT2D eigenvalue weighted by Gasteiger charge is -2.31. The van der Waals surface area contributed by atoms with Crippen LogP contribution in [0.25, 0.3) is 33.3 Å². The molecule has 0 radical (unpaired) electrons. The summed E-state index contributed by atoms with van der Waals surface area (Å²) in [5.41, 5.74) is 4.28. The van der Waals surface area contributed by atoms with Gasteiger partial charge in [-0.1, -0.05) is 36.4 Å². The Balaban J connectivity index is 1.33. The van der Waals surface area contributed by atoms with Crippen LogP contribution in [0.3, 0.4) is 0 Å². The molecule has 6 rings (SSSR count). The summed E-state index contributed by atoms with van der Waals surface area (Å²) in [6, 6.07) is 21.7. The van der Waals surface area contributed by atoms with Gasteiger partial charge in [0.05, 0.1) is 17.0 Å². The highest BCUT2D eigenvalue weighted by Gasteiger charge is 2.24. The quantitative estimate of drug-likeness (QED) is 0.258. The molecule has 9 heteroatoms. The molecule has 0 spiro atoms. The summed E-state index contributed by atoms with van der Waals surface area (Å²) in [4.78, 5) is 31.1. The third-order valence-electron chi connectivity index (χ3n) is 7.08. The monoisotopic (exact) mass is 532 g/mol. The molecule has 4 heterocycles. The minimum atomic E-state index is -0.908. The van der Waals surface area contributed by atoms with E-state index in [4.69, 9.17) is 9.72 Å². The summed E-state index contributed by atoms with van der Waals surface area (Å²) < 4.78 is 6.54. The number of hydrogen-bond donors (Lipinski definition) is 2. The van der Waals surface area contributed by atoms with Crippen molar-refractivity contribution in [1.29, 1.82) is 0 Å². The number of fused-ring (bicyclic) bond motifs is 1. The zero-order chi connectivity index (χ0) is 27.5. The van der Waals surface area contributed by atoms with E-state index < -0.39 is 6.09 Å². The molecule has 2 N–H and O–H groups in total. The van der Waals surface area contributed by atoms with Crippen LogP contribution in [-0.4, -0.2) is 55.2 Å². The number of carbonyl (C=O) groups is 1. The summed E-state index contributed by atoms with van der Waals surface area (Å²) in [5, 5.41) is 14.7. The fourth-order valence-corrected chi connectivity index (χ4v) is 5.11. The van der Waals surface area contributed by atoms with Gasteiger partial charge in [-0.05, 0) is 61.0 Å². The SMILES string of the molecule is Cc1ccc2c(-c3ccccn3)cccc2c1Oc1ncccc1-c1ccnc(NC2CCCN(C(=O)O)C2)n1. The van der Waals surface area contributed by atoms with Gasteiger partial charge in [0.15, 0.2) is 0 Å². The number of rotatable bonds is 6. The maximum atomic E-state index is 11.4. The molecule has 1 unspecified atom stereocenters. The minimum absolute atomic E-state index is 0.0589. The van der Waals surface area contributed by atoms with Crippen LogP contribution in [0.1, 0.15) is 18.4 Å². The second-order valence-corrected chi connectivity index (χ2v) is 9.76. The summed E-state index contributed by atoms with van der Waals surface area (Å²) in [7, 11) is 0. The van der Waals surface area contributed by atoms with Gasteiger partial charge in [-0.3, -0.25) is 4.98 Å². The molecule has 1 saturated heterocycles. The van der Waals surface area contributed by atoms with Gasteiger partial charge in [0.2, 0.25) is 11.8 Å². The Labute approximate surface area is 231 Å². The second kappa shape index (κ2) is 11.0. The highest BCUT2D eigenvalue weighted by atomic mass is 16.5. The number of benzene rings is 2. The van der Waals surface area contributed by atoms with Crippen molar-refractivity contribution in [2.45, 2.75) is 25.8 Å². The lowest BCUT2D eigenvalue weighted by molar-refractivity contribution is 0.132. The van der Waals surface area contributed by atoms with Crippen LogP contribution in [0.5, 0.6) is 11.6 Å². The first kappa shape index (κ1) is 25.2. The van der Waals surface area contributed by atoms with E-state index in [9.17, 15) is 9.90 Å². The first-order chi connectivity index (χ1) is 19.6. The molecule has 1 fully saturated rings. The van der Waals surface area contributed by atoms with Gasteiger partial charge in [0.25, 0.3) is 0 Å². The van der Waals surface area contributed by atoms with E-state index in [1.54, 1.807) is 18.6 Å².